The van der Waals surface area contributed by atoms with E-state index < -0.39 is 17.7 Å². The lowest BCUT2D eigenvalue weighted by atomic mass is 9.99. The number of anilines is 1. The van der Waals surface area contributed by atoms with Gasteiger partial charge in [-0.05, 0) is 87.9 Å². The van der Waals surface area contributed by atoms with E-state index in [1.165, 1.54) is 4.90 Å². The molecule has 0 bridgehead atoms. The van der Waals surface area contributed by atoms with Crippen LogP contribution >= 0.6 is 0 Å². The summed E-state index contributed by atoms with van der Waals surface area (Å²) in [6, 6.07) is 18.6. The Balaban J connectivity index is 1.48. The Morgan fingerprint density at radius 1 is 1.00 bits per heavy atom. The van der Waals surface area contributed by atoms with E-state index in [0.717, 1.165) is 34.7 Å². The lowest BCUT2D eigenvalue weighted by Gasteiger charge is -2.35. The van der Waals surface area contributed by atoms with Gasteiger partial charge in [0.25, 0.3) is 5.91 Å². The third kappa shape index (κ3) is 6.33. The van der Waals surface area contributed by atoms with Crippen LogP contribution in [0.5, 0.6) is 0 Å². The fourth-order valence-corrected chi connectivity index (χ4v) is 4.89. The molecule has 0 saturated carbocycles. The van der Waals surface area contributed by atoms with Crippen LogP contribution in [-0.4, -0.2) is 41.0 Å². The van der Waals surface area contributed by atoms with Crippen molar-refractivity contribution in [1.82, 2.24) is 10.2 Å². The van der Waals surface area contributed by atoms with Gasteiger partial charge < -0.3 is 15.4 Å². The minimum atomic E-state index is -0.641. The number of fused-ring (bicyclic) bond motifs is 1. The molecule has 3 amide bonds. The molecule has 3 aromatic carbocycles. The highest BCUT2D eigenvalue weighted by molar-refractivity contribution is 6.00. The first-order chi connectivity index (χ1) is 18.0. The molecule has 2 N–H and O–H groups in total. The van der Waals surface area contributed by atoms with Gasteiger partial charge in [-0.25, -0.2) is 4.79 Å². The quantitative estimate of drug-likeness (QED) is 0.413. The van der Waals surface area contributed by atoms with Gasteiger partial charge in [-0.2, -0.15) is 0 Å². The van der Waals surface area contributed by atoms with Crippen molar-refractivity contribution in [2.75, 3.05) is 11.9 Å². The maximum absolute atomic E-state index is 13.3. The monoisotopic (exact) mass is 515 g/mol. The number of ether oxygens (including phenoxy) is 1. The largest absolute Gasteiger partial charge is 0.444 e. The number of nitrogens with one attached hydrogen (secondary N) is 2. The zero-order valence-corrected chi connectivity index (χ0v) is 22.8. The Morgan fingerprint density at radius 2 is 1.74 bits per heavy atom. The summed E-state index contributed by atoms with van der Waals surface area (Å²) in [7, 11) is 0. The van der Waals surface area contributed by atoms with E-state index in [9.17, 15) is 14.4 Å². The number of amides is 3. The summed E-state index contributed by atoms with van der Waals surface area (Å²) in [5.41, 5.74) is 2.20. The second-order valence-corrected chi connectivity index (χ2v) is 11.0. The molecule has 2 atom stereocenters. The summed E-state index contributed by atoms with van der Waals surface area (Å²) in [6.07, 6.45) is 1.76. The minimum Gasteiger partial charge on any atom is -0.444 e. The van der Waals surface area contributed by atoms with Crippen molar-refractivity contribution in [3.63, 3.8) is 0 Å². The van der Waals surface area contributed by atoms with Crippen molar-refractivity contribution < 1.29 is 19.1 Å². The van der Waals surface area contributed by atoms with Crippen molar-refractivity contribution in [2.45, 2.75) is 71.6 Å². The van der Waals surface area contributed by atoms with Crippen LogP contribution in [-0.2, 0) is 9.53 Å². The predicted molar refractivity (Wildman–Crippen MR) is 150 cm³/mol. The molecule has 0 radical (unpaired) electrons. The van der Waals surface area contributed by atoms with Gasteiger partial charge in [0.15, 0.2) is 0 Å². The van der Waals surface area contributed by atoms with Gasteiger partial charge in [-0.15, -0.1) is 0 Å². The number of carbonyl (C=O) groups is 3. The summed E-state index contributed by atoms with van der Waals surface area (Å²) >= 11 is 0. The molecule has 0 spiro atoms. The number of rotatable bonds is 5. The van der Waals surface area contributed by atoms with Crippen LogP contribution in [0, 0.1) is 6.92 Å². The van der Waals surface area contributed by atoms with Crippen molar-refractivity contribution in [2.24, 2.45) is 0 Å². The van der Waals surface area contributed by atoms with E-state index in [1.807, 2.05) is 65.0 Å². The normalized spacial score (nSPS) is 16.6. The van der Waals surface area contributed by atoms with Gasteiger partial charge in [-0.3, -0.25) is 14.5 Å². The summed E-state index contributed by atoms with van der Waals surface area (Å²) in [5, 5.41) is 8.25. The molecular weight excluding hydrogens is 478 g/mol. The first-order valence-electron chi connectivity index (χ1n) is 13.2. The molecule has 4 rings (SSSR count). The van der Waals surface area contributed by atoms with E-state index in [1.54, 1.807) is 12.1 Å². The van der Waals surface area contributed by atoms with Crippen molar-refractivity contribution in [3.8, 4) is 0 Å². The number of hydrogen-bond donors (Lipinski definition) is 2. The Kier molecular flexibility index (Phi) is 8.05. The maximum Gasteiger partial charge on any atom is 0.410 e. The Labute approximate surface area is 224 Å². The van der Waals surface area contributed by atoms with Crippen LogP contribution in [0.2, 0.25) is 0 Å². The summed E-state index contributed by atoms with van der Waals surface area (Å²) in [5.74, 6) is -0.498. The molecule has 200 valence electrons. The molecule has 3 aromatic rings. The number of piperidine rings is 1. The molecular formula is C31H37N3O4. The second-order valence-electron chi connectivity index (χ2n) is 11.0. The van der Waals surface area contributed by atoms with Crippen LogP contribution in [0.25, 0.3) is 10.8 Å². The molecule has 0 unspecified atom stereocenters. The standard InChI is InChI=1S/C31H37N3O4/c1-20-16-17-23(33-29(36)27-15-8-9-18-34(27)30(37)38-31(3,4)5)19-26(20)28(35)32-21(2)24-14-10-12-22-11-6-7-13-25(22)24/h6-7,10-14,16-17,19,21,27H,8-9,15,18H2,1-5H3,(H,32,35)(H,33,36)/t21-,27-/m1/s1. The number of likely N-dealkylation sites (tertiary alicyclic amines) is 1. The van der Waals surface area contributed by atoms with E-state index >= 15 is 0 Å². The van der Waals surface area contributed by atoms with E-state index in [2.05, 4.69) is 28.8 Å². The number of carbonyl (C=O) groups excluding carboxylic acids is 3. The number of hydrogen-bond acceptors (Lipinski definition) is 4. The highest BCUT2D eigenvalue weighted by atomic mass is 16.6. The Hall–Kier alpha value is -3.87. The average molecular weight is 516 g/mol. The van der Waals surface area contributed by atoms with Gasteiger partial charge in [0.1, 0.15) is 11.6 Å². The number of benzene rings is 3. The zero-order chi connectivity index (χ0) is 27.4. The van der Waals surface area contributed by atoms with E-state index in [-0.39, 0.29) is 17.9 Å². The molecule has 0 aliphatic carbocycles. The third-order valence-electron chi connectivity index (χ3n) is 6.82. The Bertz CT molecular complexity index is 1340. The lowest BCUT2D eigenvalue weighted by Crippen LogP contribution is -2.51. The highest BCUT2D eigenvalue weighted by Crippen LogP contribution is 2.26. The number of aryl methyl sites for hydroxylation is 1. The fourth-order valence-electron chi connectivity index (χ4n) is 4.89. The topological polar surface area (TPSA) is 87.7 Å². The van der Waals surface area contributed by atoms with E-state index in [4.69, 9.17) is 4.74 Å². The second kappa shape index (κ2) is 11.3. The van der Waals surface area contributed by atoms with Gasteiger partial charge >= 0.3 is 6.09 Å². The maximum atomic E-state index is 13.3. The van der Waals surface area contributed by atoms with Crippen LogP contribution in [0.1, 0.15) is 74.5 Å². The van der Waals surface area contributed by atoms with Crippen LogP contribution in [0.3, 0.4) is 0 Å². The van der Waals surface area contributed by atoms with Crippen LogP contribution in [0.15, 0.2) is 60.7 Å². The third-order valence-corrected chi connectivity index (χ3v) is 6.82. The summed E-state index contributed by atoms with van der Waals surface area (Å²) in [4.78, 5) is 40.8. The summed E-state index contributed by atoms with van der Waals surface area (Å²) in [6.45, 7) is 9.74. The Morgan fingerprint density at radius 3 is 2.50 bits per heavy atom. The zero-order valence-electron chi connectivity index (χ0n) is 22.8. The number of nitrogens with zero attached hydrogens (tertiary/aromatic N) is 1. The van der Waals surface area contributed by atoms with E-state index in [0.29, 0.717) is 24.2 Å². The molecule has 38 heavy (non-hydrogen) atoms. The van der Waals surface area contributed by atoms with Gasteiger partial charge in [0, 0.05) is 17.8 Å². The fraction of sp³-hybridized carbons (Fsp3) is 0.387. The molecule has 0 aromatic heterocycles. The molecule has 1 aliphatic rings. The van der Waals surface area contributed by atoms with Gasteiger partial charge in [0.2, 0.25) is 5.91 Å². The van der Waals surface area contributed by atoms with Crippen LogP contribution in [0.4, 0.5) is 10.5 Å². The molecule has 7 heteroatoms. The highest BCUT2D eigenvalue weighted by Gasteiger charge is 2.35. The molecule has 1 fully saturated rings. The lowest BCUT2D eigenvalue weighted by molar-refractivity contribution is -0.122. The summed E-state index contributed by atoms with van der Waals surface area (Å²) < 4.78 is 5.53. The van der Waals surface area contributed by atoms with Gasteiger partial charge in [-0.1, -0.05) is 48.5 Å². The predicted octanol–water partition coefficient (Wildman–Crippen LogP) is 6.37. The van der Waals surface area contributed by atoms with Crippen LogP contribution < -0.4 is 10.6 Å². The minimum absolute atomic E-state index is 0.212. The molecule has 1 saturated heterocycles. The first kappa shape index (κ1) is 27.2. The van der Waals surface area contributed by atoms with Crippen molar-refractivity contribution >= 4 is 34.4 Å². The molecule has 1 heterocycles. The van der Waals surface area contributed by atoms with Gasteiger partial charge in [0.05, 0.1) is 6.04 Å². The SMILES string of the molecule is Cc1ccc(NC(=O)[C@H]2CCCCN2C(=O)OC(C)(C)C)cc1C(=O)N[C@H](C)c1cccc2ccccc12. The van der Waals surface area contributed by atoms with Crippen molar-refractivity contribution in [3.05, 3.63) is 77.4 Å². The molecule has 1 aliphatic heterocycles. The van der Waals surface area contributed by atoms with Crippen molar-refractivity contribution in [1.29, 1.82) is 0 Å². The average Bonchev–Trinajstić information content (AvgIpc) is 2.88. The first-order valence-corrected chi connectivity index (χ1v) is 13.2. The molecule has 7 nitrogen and oxygen atoms in total. The smallest absolute Gasteiger partial charge is 0.410 e.